The third-order valence-electron chi connectivity index (χ3n) is 2.08. The second-order valence-electron chi connectivity index (χ2n) is 3.01. The van der Waals surface area contributed by atoms with Crippen molar-refractivity contribution in [2.45, 2.75) is 5.25 Å². The van der Waals surface area contributed by atoms with Crippen LogP contribution in [0.3, 0.4) is 0 Å². The van der Waals surface area contributed by atoms with Crippen LogP contribution in [0, 0.1) is 0 Å². The Balaban J connectivity index is 0.000000980. The number of thioether (sulfide) groups is 1. The molecule has 1 aliphatic heterocycles. The number of hydrogen-bond acceptors (Lipinski definition) is 3. The van der Waals surface area contributed by atoms with Gasteiger partial charge in [-0.15, -0.1) is 0 Å². The fraction of sp³-hybridized carbons (Fsp3) is 0.222. The summed E-state index contributed by atoms with van der Waals surface area (Å²) in [5.41, 5.74) is 6.97. The number of rotatable bonds is 1. The summed E-state index contributed by atoms with van der Waals surface area (Å²) in [6.45, 7) is 0.792. The Kier molecular flexibility index (Phi) is 3.83. The minimum atomic E-state index is 0. The molecule has 0 aliphatic carbocycles. The first kappa shape index (κ1) is 11.4. The maximum atomic E-state index is 5.69. The van der Waals surface area contributed by atoms with Gasteiger partial charge in [-0.2, -0.15) is 4.68 Å². The second kappa shape index (κ2) is 4.70. The van der Waals surface area contributed by atoms with Gasteiger partial charge in [0.2, 0.25) is 0 Å². The van der Waals surface area contributed by atoms with E-state index in [1.54, 1.807) is 16.4 Å². The molecule has 0 saturated heterocycles. The minimum Gasteiger partial charge on any atom is -1.00 e. The summed E-state index contributed by atoms with van der Waals surface area (Å²) in [5, 5.41) is 1.08. The molecular weight excluding hydrogens is 262 g/mol. The van der Waals surface area contributed by atoms with Gasteiger partial charge in [0.1, 0.15) is 6.54 Å². The maximum Gasteiger partial charge on any atom is 0.327 e. The van der Waals surface area contributed by atoms with Crippen molar-refractivity contribution in [1.82, 2.24) is 0 Å². The smallest absolute Gasteiger partial charge is 0.327 e. The SMILES string of the molecule is NC1=[N+](N)C[C@@H](c2ccccc2)S1.[Br-]. The van der Waals surface area contributed by atoms with E-state index in [4.69, 9.17) is 11.6 Å². The van der Waals surface area contributed by atoms with Gasteiger partial charge in [0.25, 0.3) is 0 Å². The lowest BCUT2D eigenvalue weighted by Crippen LogP contribution is -3.00. The number of hydrazine groups is 1. The van der Waals surface area contributed by atoms with Crippen LogP contribution in [0.25, 0.3) is 0 Å². The molecule has 1 aromatic rings. The predicted octanol–water partition coefficient (Wildman–Crippen LogP) is -2.32. The van der Waals surface area contributed by atoms with Crippen molar-refractivity contribution < 1.29 is 21.7 Å². The van der Waals surface area contributed by atoms with Crippen LogP contribution in [0.15, 0.2) is 30.3 Å². The Morgan fingerprint density at radius 3 is 2.43 bits per heavy atom. The zero-order valence-corrected chi connectivity index (χ0v) is 9.96. The van der Waals surface area contributed by atoms with Crippen molar-refractivity contribution in [2.75, 3.05) is 6.54 Å². The molecular formula is C9H12BrN3S. The fourth-order valence-electron chi connectivity index (χ4n) is 1.36. The van der Waals surface area contributed by atoms with Gasteiger partial charge in [0.15, 0.2) is 0 Å². The summed E-state index contributed by atoms with van der Waals surface area (Å²) in [5.74, 6) is 5.66. The number of halogens is 1. The lowest BCUT2D eigenvalue weighted by atomic mass is 10.1. The normalized spacial score (nSPS) is 20.7. The molecule has 1 aromatic carbocycles. The zero-order valence-electron chi connectivity index (χ0n) is 7.56. The van der Waals surface area contributed by atoms with E-state index >= 15 is 0 Å². The quantitative estimate of drug-likeness (QED) is 0.446. The number of hydrazone groups is 1. The molecule has 2 rings (SSSR count). The molecule has 0 bridgehead atoms. The minimum absolute atomic E-state index is 0. The molecule has 5 heteroatoms. The molecule has 0 aromatic heterocycles. The molecule has 0 amide bonds. The number of amidine groups is 1. The molecule has 1 heterocycles. The highest BCUT2D eigenvalue weighted by Gasteiger charge is 2.27. The molecule has 0 saturated carbocycles. The van der Waals surface area contributed by atoms with E-state index in [2.05, 4.69) is 12.1 Å². The van der Waals surface area contributed by atoms with Gasteiger partial charge < -0.3 is 17.0 Å². The average molecular weight is 274 g/mol. The average Bonchev–Trinajstić information content (AvgIpc) is 2.49. The van der Waals surface area contributed by atoms with E-state index in [-0.39, 0.29) is 17.0 Å². The summed E-state index contributed by atoms with van der Waals surface area (Å²) < 4.78 is 1.60. The van der Waals surface area contributed by atoms with Crippen LogP contribution in [0.5, 0.6) is 0 Å². The van der Waals surface area contributed by atoms with E-state index in [9.17, 15) is 0 Å². The van der Waals surface area contributed by atoms with Crippen LogP contribution < -0.4 is 28.6 Å². The molecule has 14 heavy (non-hydrogen) atoms. The van der Waals surface area contributed by atoms with Crippen LogP contribution in [0.4, 0.5) is 0 Å². The topological polar surface area (TPSA) is 55.0 Å². The molecule has 76 valence electrons. The third-order valence-corrected chi connectivity index (χ3v) is 3.26. The van der Waals surface area contributed by atoms with Gasteiger partial charge in [-0.3, -0.25) is 11.6 Å². The molecule has 0 spiro atoms. The third kappa shape index (κ3) is 2.22. The molecule has 1 atom stereocenters. The Hall–Kier alpha value is -0.680. The van der Waals surface area contributed by atoms with Crippen molar-refractivity contribution in [1.29, 1.82) is 0 Å². The highest BCUT2D eigenvalue weighted by molar-refractivity contribution is 8.13. The number of benzene rings is 1. The van der Waals surface area contributed by atoms with Gasteiger partial charge in [0.05, 0.1) is 5.25 Å². The largest absolute Gasteiger partial charge is 1.00 e. The van der Waals surface area contributed by atoms with Crippen molar-refractivity contribution in [3.8, 4) is 0 Å². The van der Waals surface area contributed by atoms with E-state index in [1.165, 1.54) is 5.56 Å². The number of hydrogen-bond donors (Lipinski definition) is 2. The van der Waals surface area contributed by atoms with Crippen LogP contribution in [0.1, 0.15) is 10.8 Å². The van der Waals surface area contributed by atoms with Crippen LogP contribution in [-0.2, 0) is 0 Å². The summed E-state index contributed by atoms with van der Waals surface area (Å²) in [4.78, 5) is 0. The lowest BCUT2D eigenvalue weighted by Gasteiger charge is -2.04. The Morgan fingerprint density at radius 2 is 1.93 bits per heavy atom. The van der Waals surface area contributed by atoms with E-state index in [1.807, 2.05) is 18.2 Å². The monoisotopic (exact) mass is 273 g/mol. The fourth-order valence-corrected chi connectivity index (χ4v) is 2.39. The van der Waals surface area contributed by atoms with Gasteiger partial charge in [0, 0.05) is 0 Å². The lowest BCUT2D eigenvalue weighted by molar-refractivity contribution is -0.534. The summed E-state index contributed by atoms with van der Waals surface area (Å²) >= 11 is 1.62. The molecule has 0 radical (unpaired) electrons. The highest BCUT2D eigenvalue weighted by atomic mass is 79.9. The van der Waals surface area contributed by atoms with E-state index < -0.39 is 0 Å². The first-order valence-corrected chi connectivity index (χ1v) is 5.01. The Bertz CT molecular complexity index is 325. The molecule has 0 fully saturated rings. The van der Waals surface area contributed by atoms with Gasteiger partial charge in [-0.25, -0.2) is 0 Å². The first-order valence-electron chi connectivity index (χ1n) is 4.13. The van der Waals surface area contributed by atoms with Crippen molar-refractivity contribution in [3.05, 3.63) is 35.9 Å². The predicted molar refractivity (Wildman–Crippen MR) is 55.3 cm³/mol. The first-order chi connectivity index (χ1) is 6.27. The van der Waals surface area contributed by atoms with Crippen molar-refractivity contribution >= 4 is 16.9 Å². The number of nitrogens with two attached hydrogens (primary N) is 2. The van der Waals surface area contributed by atoms with Crippen LogP contribution in [0.2, 0.25) is 0 Å². The molecule has 0 unspecified atom stereocenters. The zero-order chi connectivity index (χ0) is 9.26. The molecule has 1 aliphatic rings. The summed E-state index contributed by atoms with van der Waals surface area (Å²) in [7, 11) is 0. The van der Waals surface area contributed by atoms with Crippen LogP contribution in [-0.4, -0.2) is 16.4 Å². The Morgan fingerprint density at radius 1 is 1.29 bits per heavy atom. The maximum absolute atomic E-state index is 5.69. The Labute approximate surface area is 97.9 Å². The number of nitrogens with zero attached hydrogens (tertiary/aromatic N) is 1. The standard InChI is InChI=1S/C9H11N3S.BrH/c10-9-12(11)6-8(13-9)7-4-2-1-3-5-7;/h1-5,8,10H,6,11H2;1H/t8-;/m0./s1. The van der Waals surface area contributed by atoms with Gasteiger partial charge >= 0.3 is 5.17 Å². The summed E-state index contributed by atoms with van der Waals surface area (Å²) in [6, 6.07) is 10.3. The summed E-state index contributed by atoms with van der Waals surface area (Å²) in [6.07, 6.45) is 0. The van der Waals surface area contributed by atoms with Crippen LogP contribution >= 0.6 is 11.8 Å². The molecule has 4 N–H and O–H groups in total. The van der Waals surface area contributed by atoms with Gasteiger partial charge in [-0.1, -0.05) is 30.3 Å². The van der Waals surface area contributed by atoms with Crippen molar-refractivity contribution in [2.24, 2.45) is 11.6 Å². The van der Waals surface area contributed by atoms with E-state index in [0.29, 0.717) is 10.4 Å². The van der Waals surface area contributed by atoms with Gasteiger partial charge in [-0.05, 0) is 17.3 Å². The highest BCUT2D eigenvalue weighted by Crippen LogP contribution is 2.31. The molecule has 3 nitrogen and oxygen atoms in total. The van der Waals surface area contributed by atoms with Crippen molar-refractivity contribution in [3.63, 3.8) is 0 Å². The van der Waals surface area contributed by atoms with E-state index in [0.717, 1.165) is 6.54 Å². The second-order valence-corrected chi connectivity index (χ2v) is 4.23.